The standard InChI is InChI=1S/C17H16ClN3/c1-11(2)17-20-13(10-16(18)21-17)9-12-7-8-19-15-6-4-3-5-14(12)15/h3-8,10-11H,9H2,1-2H3. The van der Waals surface area contributed by atoms with E-state index in [0.717, 1.165) is 28.8 Å². The minimum atomic E-state index is 0.261. The Bertz CT molecular complexity index is 779. The van der Waals surface area contributed by atoms with Crippen molar-refractivity contribution in [3.8, 4) is 0 Å². The highest BCUT2D eigenvalue weighted by atomic mass is 35.5. The van der Waals surface area contributed by atoms with E-state index in [-0.39, 0.29) is 5.92 Å². The van der Waals surface area contributed by atoms with Crippen LogP contribution in [0.3, 0.4) is 0 Å². The summed E-state index contributed by atoms with van der Waals surface area (Å²) in [7, 11) is 0. The molecule has 2 heterocycles. The molecular formula is C17H16ClN3. The molecule has 2 aromatic heterocycles. The molecule has 0 radical (unpaired) electrons. The summed E-state index contributed by atoms with van der Waals surface area (Å²) in [6.45, 7) is 4.13. The van der Waals surface area contributed by atoms with Gasteiger partial charge in [-0.05, 0) is 23.8 Å². The molecule has 0 saturated heterocycles. The SMILES string of the molecule is CC(C)c1nc(Cl)cc(Cc2ccnc3ccccc23)n1. The summed E-state index contributed by atoms with van der Waals surface area (Å²) in [4.78, 5) is 13.3. The van der Waals surface area contributed by atoms with E-state index in [9.17, 15) is 0 Å². The molecule has 0 aliphatic rings. The first kappa shape index (κ1) is 14.0. The van der Waals surface area contributed by atoms with Gasteiger partial charge in [-0.15, -0.1) is 0 Å². The molecule has 4 heteroatoms. The van der Waals surface area contributed by atoms with E-state index in [1.807, 2.05) is 36.5 Å². The van der Waals surface area contributed by atoms with Crippen LogP contribution in [-0.2, 0) is 6.42 Å². The van der Waals surface area contributed by atoms with Crippen LogP contribution in [-0.4, -0.2) is 15.0 Å². The monoisotopic (exact) mass is 297 g/mol. The Balaban J connectivity index is 2.03. The summed E-state index contributed by atoms with van der Waals surface area (Å²) in [6.07, 6.45) is 2.56. The predicted molar refractivity (Wildman–Crippen MR) is 85.7 cm³/mol. The molecule has 3 nitrogen and oxygen atoms in total. The summed E-state index contributed by atoms with van der Waals surface area (Å²) in [5, 5.41) is 1.66. The third-order valence-electron chi connectivity index (χ3n) is 3.39. The van der Waals surface area contributed by atoms with Crippen molar-refractivity contribution >= 4 is 22.5 Å². The first-order valence-electron chi connectivity index (χ1n) is 6.99. The van der Waals surface area contributed by atoms with Crippen molar-refractivity contribution < 1.29 is 0 Å². The van der Waals surface area contributed by atoms with Gasteiger partial charge in [-0.3, -0.25) is 4.98 Å². The van der Waals surface area contributed by atoms with Crippen molar-refractivity contribution in [1.29, 1.82) is 0 Å². The molecule has 1 aromatic carbocycles. The maximum Gasteiger partial charge on any atom is 0.133 e. The second kappa shape index (κ2) is 5.78. The van der Waals surface area contributed by atoms with E-state index >= 15 is 0 Å². The van der Waals surface area contributed by atoms with Crippen LogP contribution in [0.25, 0.3) is 10.9 Å². The number of pyridine rings is 1. The Kier molecular flexibility index (Phi) is 3.84. The Morgan fingerprint density at radius 3 is 2.71 bits per heavy atom. The molecule has 0 atom stereocenters. The van der Waals surface area contributed by atoms with Gasteiger partial charge in [-0.1, -0.05) is 43.6 Å². The van der Waals surface area contributed by atoms with Gasteiger partial charge in [0.1, 0.15) is 11.0 Å². The lowest BCUT2D eigenvalue weighted by molar-refractivity contribution is 0.761. The number of rotatable bonds is 3. The normalized spacial score (nSPS) is 11.2. The third-order valence-corrected chi connectivity index (χ3v) is 3.59. The first-order chi connectivity index (χ1) is 10.1. The first-order valence-corrected chi connectivity index (χ1v) is 7.37. The molecule has 3 rings (SSSR count). The highest BCUT2D eigenvalue weighted by Gasteiger charge is 2.09. The largest absolute Gasteiger partial charge is 0.256 e. The van der Waals surface area contributed by atoms with E-state index in [4.69, 9.17) is 11.6 Å². The maximum atomic E-state index is 6.12. The summed E-state index contributed by atoms with van der Waals surface area (Å²) in [5.41, 5.74) is 3.14. The number of benzene rings is 1. The molecule has 0 saturated carbocycles. The fourth-order valence-electron chi connectivity index (χ4n) is 2.34. The molecule has 0 fully saturated rings. The van der Waals surface area contributed by atoms with E-state index in [0.29, 0.717) is 5.15 Å². The minimum Gasteiger partial charge on any atom is -0.256 e. The second-order valence-corrected chi connectivity index (χ2v) is 5.75. The minimum absolute atomic E-state index is 0.261. The Labute approximate surface area is 129 Å². The fraction of sp³-hybridized carbons (Fsp3) is 0.235. The predicted octanol–water partition coefficient (Wildman–Crippen LogP) is 4.39. The number of halogens is 1. The van der Waals surface area contributed by atoms with Gasteiger partial charge in [0.05, 0.1) is 11.2 Å². The van der Waals surface area contributed by atoms with Crippen LogP contribution in [0.5, 0.6) is 0 Å². The number of aromatic nitrogens is 3. The van der Waals surface area contributed by atoms with Crippen molar-refractivity contribution in [3.63, 3.8) is 0 Å². The zero-order chi connectivity index (χ0) is 14.8. The summed E-state index contributed by atoms with van der Waals surface area (Å²) in [5.74, 6) is 1.05. The van der Waals surface area contributed by atoms with Crippen LogP contribution in [0.1, 0.15) is 36.8 Å². The van der Waals surface area contributed by atoms with Crippen LogP contribution < -0.4 is 0 Å². The summed E-state index contributed by atoms with van der Waals surface area (Å²) >= 11 is 6.12. The van der Waals surface area contributed by atoms with Gasteiger partial charge in [0, 0.05) is 23.9 Å². The lowest BCUT2D eigenvalue weighted by atomic mass is 10.0. The average Bonchev–Trinajstić information content (AvgIpc) is 2.47. The topological polar surface area (TPSA) is 38.7 Å². The van der Waals surface area contributed by atoms with Crippen molar-refractivity contribution in [3.05, 3.63) is 64.8 Å². The van der Waals surface area contributed by atoms with Gasteiger partial charge < -0.3 is 0 Å². The van der Waals surface area contributed by atoms with Gasteiger partial charge in [0.2, 0.25) is 0 Å². The van der Waals surface area contributed by atoms with Gasteiger partial charge in [-0.2, -0.15) is 0 Å². The zero-order valence-corrected chi connectivity index (χ0v) is 12.8. The van der Waals surface area contributed by atoms with Crippen LogP contribution in [0.2, 0.25) is 5.15 Å². The van der Waals surface area contributed by atoms with E-state index < -0.39 is 0 Å². The molecule has 0 aliphatic heterocycles. The van der Waals surface area contributed by atoms with Gasteiger partial charge in [0.15, 0.2) is 0 Å². The van der Waals surface area contributed by atoms with Crippen molar-refractivity contribution in [2.75, 3.05) is 0 Å². The molecule has 0 amide bonds. The van der Waals surface area contributed by atoms with E-state index in [2.05, 4.69) is 34.9 Å². The van der Waals surface area contributed by atoms with Crippen LogP contribution in [0, 0.1) is 0 Å². The van der Waals surface area contributed by atoms with Crippen LogP contribution >= 0.6 is 11.6 Å². The van der Waals surface area contributed by atoms with Gasteiger partial charge >= 0.3 is 0 Å². The van der Waals surface area contributed by atoms with Crippen molar-refractivity contribution in [2.24, 2.45) is 0 Å². The molecule has 0 N–H and O–H groups in total. The van der Waals surface area contributed by atoms with Crippen molar-refractivity contribution in [1.82, 2.24) is 15.0 Å². The smallest absolute Gasteiger partial charge is 0.133 e. The molecule has 106 valence electrons. The molecular weight excluding hydrogens is 282 g/mol. The molecule has 0 spiro atoms. The highest BCUT2D eigenvalue weighted by molar-refractivity contribution is 6.29. The van der Waals surface area contributed by atoms with Gasteiger partial charge in [0.25, 0.3) is 0 Å². The van der Waals surface area contributed by atoms with E-state index in [1.54, 1.807) is 0 Å². The second-order valence-electron chi connectivity index (χ2n) is 5.36. The highest BCUT2D eigenvalue weighted by Crippen LogP contribution is 2.21. The lowest BCUT2D eigenvalue weighted by Crippen LogP contribution is -2.03. The van der Waals surface area contributed by atoms with Crippen LogP contribution in [0.4, 0.5) is 0 Å². The van der Waals surface area contributed by atoms with E-state index in [1.165, 1.54) is 5.56 Å². The Morgan fingerprint density at radius 2 is 1.90 bits per heavy atom. The molecule has 0 aliphatic carbocycles. The van der Waals surface area contributed by atoms with Crippen molar-refractivity contribution in [2.45, 2.75) is 26.2 Å². The number of hydrogen-bond donors (Lipinski definition) is 0. The Morgan fingerprint density at radius 1 is 1.10 bits per heavy atom. The summed E-state index contributed by atoms with van der Waals surface area (Å²) < 4.78 is 0. The average molecular weight is 298 g/mol. The lowest BCUT2D eigenvalue weighted by Gasteiger charge is -2.09. The number of para-hydroxylation sites is 1. The Hall–Kier alpha value is -2.00. The quantitative estimate of drug-likeness (QED) is 0.673. The zero-order valence-electron chi connectivity index (χ0n) is 12.0. The number of fused-ring (bicyclic) bond motifs is 1. The molecule has 21 heavy (non-hydrogen) atoms. The molecule has 0 bridgehead atoms. The maximum absolute atomic E-state index is 6.12. The fourth-order valence-corrected chi connectivity index (χ4v) is 2.55. The van der Waals surface area contributed by atoms with Crippen LogP contribution in [0.15, 0.2) is 42.6 Å². The molecule has 3 aromatic rings. The number of hydrogen-bond acceptors (Lipinski definition) is 3. The summed E-state index contributed by atoms with van der Waals surface area (Å²) in [6, 6.07) is 12.0. The van der Waals surface area contributed by atoms with Gasteiger partial charge in [-0.25, -0.2) is 9.97 Å². The third kappa shape index (κ3) is 3.03. The number of nitrogens with zero attached hydrogens (tertiary/aromatic N) is 3. The molecule has 0 unspecified atom stereocenters.